The molecule has 0 heterocycles. The summed E-state index contributed by atoms with van der Waals surface area (Å²) >= 11 is 0. The Hall–Kier alpha value is -1.60. The van der Waals surface area contributed by atoms with Crippen molar-refractivity contribution in [3.63, 3.8) is 0 Å². The van der Waals surface area contributed by atoms with Gasteiger partial charge in [0, 0.05) is 0 Å². The summed E-state index contributed by atoms with van der Waals surface area (Å²) in [4.78, 5) is 0. The van der Waals surface area contributed by atoms with E-state index in [1.807, 2.05) is 61.5 Å². The van der Waals surface area contributed by atoms with Crippen LogP contribution in [0.25, 0.3) is 0 Å². The summed E-state index contributed by atoms with van der Waals surface area (Å²) in [5, 5.41) is 10.2. The molecule has 2 rings (SSSR count). The van der Waals surface area contributed by atoms with Crippen molar-refractivity contribution in [1.82, 2.24) is 0 Å². The van der Waals surface area contributed by atoms with Crippen molar-refractivity contribution in [2.75, 3.05) is 0 Å². The highest BCUT2D eigenvalue weighted by molar-refractivity contribution is 5.34. The SMILES string of the molecule is Cc1ccccc1C(O)c1ccccc1. The minimum Gasteiger partial charge on any atom is -0.384 e. The van der Waals surface area contributed by atoms with E-state index in [1.165, 1.54) is 0 Å². The molecule has 0 radical (unpaired) electrons. The molecule has 1 nitrogen and oxygen atoms in total. The van der Waals surface area contributed by atoms with Crippen LogP contribution in [0.15, 0.2) is 54.6 Å². The zero-order valence-electron chi connectivity index (χ0n) is 8.72. The fraction of sp³-hybridized carbons (Fsp3) is 0.143. The van der Waals surface area contributed by atoms with Crippen LogP contribution in [0.3, 0.4) is 0 Å². The lowest BCUT2D eigenvalue weighted by molar-refractivity contribution is 0.219. The molecule has 0 aromatic heterocycles. The highest BCUT2D eigenvalue weighted by atomic mass is 16.3. The number of rotatable bonds is 2. The molecule has 1 N–H and O–H groups in total. The lowest BCUT2D eigenvalue weighted by atomic mass is 9.98. The molecule has 0 spiro atoms. The summed E-state index contributed by atoms with van der Waals surface area (Å²) in [6.45, 7) is 2.02. The summed E-state index contributed by atoms with van der Waals surface area (Å²) in [6, 6.07) is 17.6. The summed E-state index contributed by atoms with van der Waals surface area (Å²) in [5.41, 5.74) is 3.03. The number of hydrogen-bond acceptors (Lipinski definition) is 1. The van der Waals surface area contributed by atoms with E-state index in [2.05, 4.69) is 0 Å². The Kier molecular flexibility index (Phi) is 2.84. The maximum Gasteiger partial charge on any atom is 0.104 e. The van der Waals surface area contributed by atoms with Gasteiger partial charge in [0.05, 0.1) is 0 Å². The van der Waals surface area contributed by atoms with Crippen LogP contribution in [0.1, 0.15) is 22.8 Å². The van der Waals surface area contributed by atoms with Gasteiger partial charge in [-0.15, -0.1) is 0 Å². The van der Waals surface area contributed by atoms with E-state index in [-0.39, 0.29) is 0 Å². The molecule has 2 aromatic carbocycles. The Morgan fingerprint density at radius 3 is 2.13 bits per heavy atom. The minimum atomic E-state index is -0.521. The fourth-order valence-corrected chi connectivity index (χ4v) is 1.71. The number of benzene rings is 2. The first-order valence-electron chi connectivity index (χ1n) is 5.07. The molecule has 0 bridgehead atoms. The molecule has 1 atom stereocenters. The number of hydrogen-bond donors (Lipinski definition) is 1. The lowest BCUT2D eigenvalue weighted by Crippen LogP contribution is -2.01. The second-order valence-corrected chi connectivity index (χ2v) is 3.67. The molecule has 0 saturated carbocycles. The van der Waals surface area contributed by atoms with Crippen molar-refractivity contribution in [3.8, 4) is 0 Å². The van der Waals surface area contributed by atoms with Gasteiger partial charge in [-0.05, 0) is 23.6 Å². The standard InChI is InChI=1S/C14H14O/c1-11-7-5-6-10-13(11)14(15)12-8-3-2-4-9-12/h2-10,14-15H,1H3. The Labute approximate surface area is 90.0 Å². The minimum absolute atomic E-state index is 0.521. The van der Waals surface area contributed by atoms with Crippen LogP contribution < -0.4 is 0 Å². The first-order valence-corrected chi connectivity index (χ1v) is 5.07. The van der Waals surface area contributed by atoms with Crippen LogP contribution >= 0.6 is 0 Å². The third-order valence-corrected chi connectivity index (χ3v) is 2.60. The molecule has 0 aliphatic carbocycles. The van der Waals surface area contributed by atoms with Gasteiger partial charge in [0.2, 0.25) is 0 Å². The zero-order valence-corrected chi connectivity index (χ0v) is 8.72. The van der Waals surface area contributed by atoms with Gasteiger partial charge in [-0.1, -0.05) is 54.6 Å². The molecule has 0 aliphatic heterocycles. The third-order valence-electron chi connectivity index (χ3n) is 2.60. The molecule has 0 fully saturated rings. The van der Waals surface area contributed by atoms with E-state index in [4.69, 9.17) is 0 Å². The molecule has 1 heteroatoms. The smallest absolute Gasteiger partial charge is 0.104 e. The van der Waals surface area contributed by atoms with Crippen LogP contribution in [0.2, 0.25) is 0 Å². The zero-order chi connectivity index (χ0) is 10.7. The molecule has 0 amide bonds. The van der Waals surface area contributed by atoms with E-state index < -0.39 is 6.10 Å². The van der Waals surface area contributed by atoms with Crippen molar-refractivity contribution >= 4 is 0 Å². The Morgan fingerprint density at radius 2 is 1.47 bits per heavy atom. The van der Waals surface area contributed by atoms with Crippen molar-refractivity contribution < 1.29 is 5.11 Å². The lowest BCUT2D eigenvalue weighted by Gasteiger charge is -2.13. The van der Waals surface area contributed by atoms with E-state index in [9.17, 15) is 5.11 Å². The van der Waals surface area contributed by atoms with Crippen molar-refractivity contribution in [1.29, 1.82) is 0 Å². The summed E-state index contributed by atoms with van der Waals surface area (Å²) in [7, 11) is 0. The monoisotopic (exact) mass is 198 g/mol. The van der Waals surface area contributed by atoms with Gasteiger partial charge in [0.15, 0.2) is 0 Å². The first kappa shape index (κ1) is 9.94. The van der Waals surface area contributed by atoms with Gasteiger partial charge in [-0.2, -0.15) is 0 Å². The molecule has 1 unspecified atom stereocenters. The number of aryl methyl sites for hydroxylation is 1. The third kappa shape index (κ3) is 2.08. The average Bonchev–Trinajstić information content (AvgIpc) is 2.30. The van der Waals surface area contributed by atoms with Crippen molar-refractivity contribution in [2.45, 2.75) is 13.0 Å². The summed E-state index contributed by atoms with van der Waals surface area (Å²) in [5.74, 6) is 0. The van der Waals surface area contributed by atoms with Crippen LogP contribution in [0.5, 0.6) is 0 Å². The van der Waals surface area contributed by atoms with Crippen molar-refractivity contribution in [3.05, 3.63) is 71.3 Å². The Morgan fingerprint density at radius 1 is 0.867 bits per heavy atom. The van der Waals surface area contributed by atoms with Gasteiger partial charge in [0.1, 0.15) is 6.10 Å². The average molecular weight is 198 g/mol. The molecular formula is C14H14O. The van der Waals surface area contributed by atoms with Gasteiger partial charge < -0.3 is 5.11 Å². The molecule has 76 valence electrons. The van der Waals surface area contributed by atoms with Gasteiger partial charge in [-0.3, -0.25) is 0 Å². The van der Waals surface area contributed by atoms with Crippen LogP contribution in [-0.4, -0.2) is 5.11 Å². The molecule has 15 heavy (non-hydrogen) atoms. The molecule has 0 saturated heterocycles. The Balaban J connectivity index is 2.37. The second-order valence-electron chi connectivity index (χ2n) is 3.67. The van der Waals surface area contributed by atoms with Crippen molar-refractivity contribution in [2.24, 2.45) is 0 Å². The molecule has 0 aliphatic rings. The van der Waals surface area contributed by atoms with E-state index >= 15 is 0 Å². The predicted molar refractivity (Wildman–Crippen MR) is 61.7 cm³/mol. The van der Waals surface area contributed by atoms with Crippen LogP contribution in [-0.2, 0) is 0 Å². The van der Waals surface area contributed by atoms with Crippen LogP contribution in [0.4, 0.5) is 0 Å². The molecule has 2 aromatic rings. The first-order chi connectivity index (χ1) is 7.29. The fourth-order valence-electron chi connectivity index (χ4n) is 1.71. The summed E-state index contributed by atoms with van der Waals surface area (Å²) < 4.78 is 0. The summed E-state index contributed by atoms with van der Waals surface area (Å²) in [6.07, 6.45) is -0.521. The predicted octanol–water partition coefficient (Wildman–Crippen LogP) is 3.08. The largest absolute Gasteiger partial charge is 0.384 e. The normalized spacial score (nSPS) is 12.4. The maximum atomic E-state index is 10.2. The maximum absolute atomic E-state index is 10.2. The van der Waals surface area contributed by atoms with Crippen LogP contribution in [0, 0.1) is 6.92 Å². The Bertz CT molecular complexity index is 434. The quantitative estimate of drug-likeness (QED) is 0.786. The van der Waals surface area contributed by atoms with Gasteiger partial charge in [-0.25, -0.2) is 0 Å². The second kappa shape index (κ2) is 4.28. The van der Waals surface area contributed by atoms with E-state index in [1.54, 1.807) is 0 Å². The van der Waals surface area contributed by atoms with Gasteiger partial charge in [0.25, 0.3) is 0 Å². The number of aliphatic hydroxyl groups is 1. The van der Waals surface area contributed by atoms with E-state index in [0.29, 0.717) is 0 Å². The molecular weight excluding hydrogens is 184 g/mol. The highest BCUT2D eigenvalue weighted by Gasteiger charge is 2.10. The number of aliphatic hydroxyl groups excluding tert-OH is 1. The van der Waals surface area contributed by atoms with Gasteiger partial charge >= 0.3 is 0 Å². The topological polar surface area (TPSA) is 20.2 Å². The highest BCUT2D eigenvalue weighted by Crippen LogP contribution is 2.23. The van der Waals surface area contributed by atoms with E-state index in [0.717, 1.165) is 16.7 Å².